The van der Waals surface area contributed by atoms with Crippen molar-refractivity contribution in [1.29, 1.82) is 0 Å². The van der Waals surface area contributed by atoms with Gasteiger partial charge in [0.2, 0.25) is 0 Å². The van der Waals surface area contributed by atoms with Crippen molar-refractivity contribution in [2.45, 2.75) is 96.3 Å². The van der Waals surface area contributed by atoms with E-state index in [-0.39, 0.29) is 46.9 Å². The van der Waals surface area contributed by atoms with Crippen molar-refractivity contribution >= 4 is 0 Å². The largest absolute Gasteiger partial charge is 3.00 e. The topological polar surface area (TPSA) is 0 Å². The number of hydrogen-bond acceptors (Lipinski definition) is 0. The molecule has 0 saturated heterocycles. The maximum Gasteiger partial charge on any atom is 3.00 e. The van der Waals surface area contributed by atoms with E-state index in [4.69, 9.17) is 0 Å². The van der Waals surface area contributed by atoms with Crippen LogP contribution >= 0.6 is 0 Å². The molecule has 0 N–H and O–H groups in total. The van der Waals surface area contributed by atoms with E-state index in [2.05, 4.69) is 0 Å². The standard InChI is InChI=1S/3C5H10.Yb/c3*1-2-4-5-3-1;/h3*1-5H2;/q;;;+3. The van der Waals surface area contributed by atoms with E-state index >= 15 is 0 Å². The molecule has 3 saturated carbocycles. The van der Waals surface area contributed by atoms with Crippen LogP contribution in [0.25, 0.3) is 0 Å². The van der Waals surface area contributed by atoms with Crippen LogP contribution in [0.5, 0.6) is 0 Å². The number of hydrogen-bond donors (Lipinski definition) is 0. The molecule has 0 aromatic rings. The molecule has 0 aliphatic heterocycles. The Balaban J connectivity index is 0.000000205. The predicted molar refractivity (Wildman–Crippen MR) is 69.3 cm³/mol. The van der Waals surface area contributed by atoms with Crippen molar-refractivity contribution in [3.8, 4) is 0 Å². The third-order valence-electron chi connectivity index (χ3n) is 3.75. The van der Waals surface area contributed by atoms with Gasteiger partial charge >= 0.3 is 46.9 Å². The number of rotatable bonds is 0. The fourth-order valence-corrected chi connectivity index (χ4v) is 2.65. The summed E-state index contributed by atoms with van der Waals surface area (Å²) < 4.78 is 0. The smallest absolute Gasteiger partial charge is 0.0533 e. The first kappa shape index (κ1) is 17.5. The predicted octanol–water partition coefficient (Wildman–Crippen LogP) is 5.85. The Hall–Kier alpha value is 1.52. The fraction of sp³-hybridized carbons (Fsp3) is 1.00. The summed E-state index contributed by atoms with van der Waals surface area (Å²) in [5.41, 5.74) is 0. The van der Waals surface area contributed by atoms with Crippen molar-refractivity contribution in [2.24, 2.45) is 0 Å². The molecule has 1 radical (unpaired) electrons. The van der Waals surface area contributed by atoms with Crippen LogP contribution in [0.3, 0.4) is 0 Å². The minimum absolute atomic E-state index is 0. The Morgan fingerprint density at radius 2 is 0.250 bits per heavy atom. The van der Waals surface area contributed by atoms with E-state index in [0.29, 0.717) is 0 Å². The SMILES string of the molecule is C1CCCC1.C1CCCC1.C1CCCC1.[Yb+3]. The van der Waals surface area contributed by atoms with E-state index in [1.807, 2.05) is 0 Å². The molecule has 0 bridgehead atoms. The van der Waals surface area contributed by atoms with Gasteiger partial charge in [-0.15, -0.1) is 0 Å². The molecule has 3 rings (SSSR count). The van der Waals surface area contributed by atoms with Gasteiger partial charge in [-0.05, 0) is 0 Å². The summed E-state index contributed by atoms with van der Waals surface area (Å²) in [4.78, 5) is 0. The van der Waals surface area contributed by atoms with Crippen LogP contribution in [-0.4, -0.2) is 0 Å². The van der Waals surface area contributed by atoms with Gasteiger partial charge in [-0.25, -0.2) is 0 Å². The zero-order valence-electron chi connectivity index (χ0n) is 10.9. The Labute approximate surface area is 142 Å². The van der Waals surface area contributed by atoms with Crippen molar-refractivity contribution < 1.29 is 46.9 Å². The molecule has 0 unspecified atom stereocenters. The van der Waals surface area contributed by atoms with Crippen LogP contribution < -0.4 is 0 Å². The van der Waals surface area contributed by atoms with Gasteiger partial charge in [0.1, 0.15) is 0 Å². The van der Waals surface area contributed by atoms with E-state index in [9.17, 15) is 0 Å². The first-order valence-electron chi connectivity index (χ1n) is 7.50. The minimum atomic E-state index is 0. The van der Waals surface area contributed by atoms with Gasteiger partial charge in [-0.2, -0.15) is 0 Å². The second kappa shape index (κ2) is 14.6. The van der Waals surface area contributed by atoms with E-state index in [0.717, 1.165) is 0 Å². The zero-order valence-corrected chi connectivity index (χ0v) is 12.6. The first-order valence-corrected chi connectivity index (χ1v) is 7.50. The average molecular weight is 383 g/mol. The van der Waals surface area contributed by atoms with Crippen LogP contribution in [0.4, 0.5) is 0 Å². The molecule has 1 heteroatoms. The molecule has 0 atom stereocenters. The van der Waals surface area contributed by atoms with Crippen LogP contribution in [0, 0.1) is 46.9 Å². The second-order valence-corrected chi connectivity index (χ2v) is 5.30. The molecule has 3 aliphatic rings. The summed E-state index contributed by atoms with van der Waals surface area (Å²) >= 11 is 0. The van der Waals surface area contributed by atoms with Crippen molar-refractivity contribution in [1.82, 2.24) is 0 Å². The first-order chi connectivity index (χ1) is 7.50. The summed E-state index contributed by atoms with van der Waals surface area (Å²) in [7, 11) is 0. The van der Waals surface area contributed by atoms with Gasteiger partial charge < -0.3 is 0 Å². The quantitative estimate of drug-likeness (QED) is 0.492. The van der Waals surface area contributed by atoms with Gasteiger partial charge in [0.25, 0.3) is 0 Å². The van der Waals surface area contributed by atoms with Crippen LogP contribution in [0.2, 0.25) is 0 Å². The monoisotopic (exact) mass is 384 g/mol. The van der Waals surface area contributed by atoms with E-state index < -0.39 is 0 Å². The van der Waals surface area contributed by atoms with Crippen molar-refractivity contribution in [3.05, 3.63) is 0 Å². The zero-order chi connectivity index (χ0) is 10.6. The maximum absolute atomic E-state index is 1.50. The minimum Gasteiger partial charge on any atom is -0.0533 e. The van der Waals surface area contributed by atoms with E-state index in [1.165, 1.54) is 96.3 Å². The molecule has 0 spiro atoms. The summed E-state index contributed by atoms with van der Waals surface area (Å²) in [6.07, 6.45) is 22.5. The fourth-order valence-electron chi connectivity index (χ4n) is 2.65. The third kappa shape index (κ3) is 12.0. The Kier molecular flexibility index (Phi) is 16.0. The van der Waals surface area contributed by atoms with Crippen molar-refractivity contribution in [3.63, 3.8) is 0 Å². The molecule has 101 valence electrons. The summed E-state index contributed by atoms with van der Waals surface area (Å²) in [5.74, 6) is 0. The second-order valence-electron chi connectivity index (χ2n) is 5.30. The Morgan fingerprint density at radius 1 is 0.188 bits per heavy atom. The summed E-state index contributed by atoms with van der Waals surface area (Å²) in [5, 5.41) is 0. The molecule has 0 aromatic carbocycles. The van der Waals surface area contributed by atoms with Crippen LogP contribution in [-0.2, 0) is 0 Å². The van der Waals surface area contributed by atoms with Gasteiger partial charge in [0.05, 0.1) is 0 Å². The van der Waals surface area contributed by atoms with Gasteiger partial charge in [-0.3, -0.25) is 0 Å². The van der Waals surface area contributed by atoms with Gasteiger partial charge in [-0.1, -0.05) is 96.3 Å². The Bertz CT molecular complexity index is 64.0. The molecule has 0 amide bonds. The van der Waals surface area contributed by atoms with Crippen LogP contribution in [0.1, 0.15) is 96.3 Å². The molecule has 3 aliphatic carbocycles. The molecular weight excluding hydrogens is 353 g/mol. The molecule has 16 heavy (non-hydrogen) atoms. The van der Waals surface area contributed by atoms with Crippen molar-refractivity contribution in [2.75, 3.05) is 0 Å². The molecular formula is C15H30Yb+3. The average Bonchev–Trinajstić information content (AvgIpc) is 3.09. The van der Waals surface area contributed by atoms with E-state index in [1.54, 1.807) is 0 Å². The molecule has 3 fully saturated rings. The van der Waals surface area contributed by atoms with Gasteiger partial charge in [0.15, 0.2) is 0 Å². The molecule has 0 heterocycles. The Morgan fingerprint density at radius 3 is 0.312 bits per heavy atom. The van der Waals surface area contributed by atoms with Gasteiger partial charge in [0, 0.05) is 0 Å². The normalized spacial score (nSPS) is 22.5. The third-order valence-corrected chi connectivity index (χ3v) is 3.75. The summed E-state index contributed by atoms with van der Waals surface area (Å²) in [6, 6.07) is 0. The summed E-state index contributed by atoms with van der Waals surface area (Å²) in [6.45, 7) is 0. The molecule has 0 aromatic heterocycles. The molecule has 0 nitrogen and oxygen atoms in total. The van der Waals surface area contributed by atoms with Crippen LogP contribution in [0.15, 0.2) is 0 Å². The maximum atomic E-state index is 1.50.